The summed E-state index contributed by atoms with van der Waals surface area (Å²) in [6, 6.07) is 21.6. The smallest absolute Gasteiger partial charge is 0.277 e. The number of sulfonamides is 2. The van der Waals surface area contributed by atoms with E-state index < -0.39 is 20.0 Å². The van der Waals surface area contributed by atoms with Gasteiger partial charge in [-0.25, -0.2) is 16.8 Å². The zero-order valence-electron chi connectivity index (χ0n) is 16.8. The number of hydrogen-bond acceptors (Lipinski definition) is 5. The molecule has 0 N–H and O–H groups in total. The lowest BCUT2D eigenvalue weighted by Gasteiger charge is -2.26. The molecule has 0 saturated carbocycles. The minimum Gasteiger partial charge on any atom is -0.372 e. The molecular weight excluding hydrogens is 420 g/mol. The Morgan fingerprint density at radius 3 is 1.30 bits per heavy atom. The van der Waals surface area contributed by atoms with Gasteiger partial charge in [0.1, 0.15) is 0 Å². The van der Waals surface area contributed by atoms with Crippen molar-refractivity contribution in [3.05, 3.63) is 84.9 Å². The zero-order chi connectivity index (χ0) is 21.8. The van der Waals surface area contributed by atoms with E-state index in [-0.39, 0.29) is 15.5 Å². The third-order valence-electron chi connectivity index (χ3n) is 4.71. The molecule has 0 radical (unpaired) electrons. The molecule has 3 aromatic rings. The largest absolute Gasteiger partial charge is 0.372 e. The van der Waals surface area contributed by atoms with E-state index >= 15 is 0 Å². The van der Waals surface area contributed by atoms with Crippen molar-refractivity contribution in [3.8, 4) is 0 Å². The molecule has 0 aliphatic rings. The van der Waals surface area contributed by atoms with Crippen molar-refractivity contribution >= 4 is 31.4 Å². The maximum Gasteiger partial charge on any atom is 0.277 e. The van der Waals surface area contributed by atoms with Crippen LogP contribution in [0.15, 0.2) is 94.7 Å². The van der Waals surface area contributed by atoms with Gasteiger partial charge in [0.2, 0.25) is 0 Å². The molecule has 0 aromatic heterocycles. The molecule has 0 atom stereocenters. The fourth-order valence-corrected chi connectivity index (χ4v) is 6.89. The van der Waals surface area contributed by atoms with Gasteiger partial charge in [0.15, 0.2) is 0 Å². The Hall–Kier alpha value is -2.84. The predicted molar refractivity (Wildman–Crippen MR) is 120 cm³/mol. The molecule has 0 spiro atoms. The van der Waals surface area contributed by atoms with Gasteiger partial charge in [0.05, 0.1) is 15.5 Å². The number of hydrogen-bond donors (Lipinski definition) is 0. The molecule has 0 heterocycles. The van der Waals surface area contributed by atoms with Crippen LogP contribution in [-0.2, 0) is 20.0 Å². The zero-order valence-corrected chi connectivity index (χ0v) is 18.5. The summed E-state index contributed by atoms with van der Waals surface area (Å²) >= 11 is 0. The van der Waals surface area contributed by atoms with E-state index in [0.29, 0.717) is 3.71 Å². The first-order valence-electron chi connectivity index (χ1n) is 9.58. The van der Waals surface area contributed by atoms with Gasteiger partial charge >= 0.3 is 0 Å². The minimum atomic E-state index is -4.37. The number of nitrogens with zero attached hydrogens (tertiary/aromatic N) is 2. The van der Waals surface area contributed by atoms with E-state index in [1.807, 2.05) is 13.8 Å². The van der Waals surface area contributed by atoms with Crippen LogP contribution < -0.4 is 8.61 Å². The Kier molecular flexibility index (Phi) is 6.48. The van der Waals surface area contributed by atoms with Crippen molar-refractivity contribution in [3.63, 3.8) is 0 Å². The predicted octanol–water partition coefficient (Wildman–Crippen LogP) is 4.12. The Morgan fingerprint density at radius 1 is 0.567 bits per heavy atom. The van der Waals surface area contributed by atoms with Crippen LogP contribution in [0.4, 0.5) is 11.4 Å². The third kappa shape index (κ3) is 4.20. The van der Waals surface area contributed by atoms with E-state index in [0.717, 1.165) is 18.8 Å². The molecule has 0 aliphatic heterocycles. The van der Waals surface area contributed by atoms with Crippen LogP contribution in [0.1, 0.15) is 13.8 Å². The second-order valence-corrected chi connectivity index (χ2v) is 10.3. The van der Waals surface area contributed by atoms with Crippen molar-refractivity contribution in [1.29, 1.82) is 0 Å². The van der Waals surface area contributed by atoms with Gasteiger partial charge in [-0.05, 0) is 62.4 Å². The Balaban J connectivity index is 2.19. The van der Waals surface area contributed by atoms with E-state index in [9.17, 15) is 16.8 Å². The molecule has 3 aromatic carbocycles. The lowest BCUT2D eigenvalue weighted by Crippen LogP contribution is -2.37. The molecular formula is C22H24N2O4S2. The van der Waals surface area contributed by atoms with Gasteiger partial charge in [0, 0.05) is 18.8 Å². The van der Waals surface area contributed by atoms with Crippen molar-refractivity contribution in [2.24, 2.45) is 0 Å². The van der Waals surface area contributed by atoms with Gasteiger partial charge in [-0.2, -0.15) is 3.71 Å². The third-order valence-corrected chi connectivity index (χ3v) is 8.92. The van der Waals surface area contributed by atoms with Crippen molar-refractivity contribution in [2.75, 3.05) is 21.7 Å². The second kappa shape index (κ2) is 8.89. The molecule has 0 amide bonds. The van der Waals surface area contributed by atoms with Crippen molar-refractivity contribution < 1.29 is 16.8 Å². The highest BCUT2D eigenvalue weighted by Gasteiger charge is 2.36. The topological polar surface area (TPSA) is 74.8 Å². The van der Waals surface area contributed by atoms with E-state index in [1.165, 1.54) is 36.4 Å². The average Bonchev–Trinajstić information content (AvgIpc) is 2.77. The average molecular weight is 445 g/mol. The molecule has 6 nitrogen and oxygen atoms in total. The van der Waals surface area contributed by atoms with Crippen LogP contribution in [0.5, 0.6) is 0 Å². The summed E-state index contributed by atoms with van der Waals surface area (Å²) in [5, 5.41) is 0. The van der Waals surface area contributed by atoms with E-state index in [4.69, 9.17) is 0 Å². The lowest BCUT2D eigenvalue weighted by atomic mass is 10.2. The van der Waals surface area contributed by atoms with E-state index in [1.54, 1.807) is 48.5 Å². The Labute approximate surface area is 178 Å². The molecule has 158 valence electrons. The Bertz CT molecular complexity index is 1110. The second-order valence-electron chi connectivity index (χ2n) is 6.52. The summed E-state index contributed by atoms with van der Waals surface area (Å²) in [4.78, 5) is 1.89. The van der Waals surface area contributed by atoms with Gasteiger partial charge in [0.25, 0.3) is 20.0 Å². The molecule has 0 saturated heterocycles. The van der Waals surface area contributed by atoms with Crippen LogP contribution in [0.3, 0.4) is 0 Å². The first-order valence-corrected chi connectivity index (χ1v) is 12.5. The summed E-state index contributed by atoms with van der Waals surface area (Å²) in [6.45, 7) is 5.60. The molecule has 0 bridgehead atoms. The Morgan fingerprint density at radius 2 is 0.933 bits per heavy atom. The molecule has 3 rings (SSSR count). The van der Waals surface area contributed by atoms with Crippen LogP contribution in [0, 0.1) is 0 Å². The highest BCUT2D eigenvalue weighted by Crippen LogP contribution is 2.32. The van der Waals surface area contributed by atoms with Crippen LogP contribution >= 0.6 is 0 Å². The molecule has 30 heavy (non-hydrogen) atoms. The van der Waals surface area contributed by atoms with Gasteiger partial charge in [-0.15, -0.1) is 0 Å². The number of benzene rings is 3. The van der Waals surface area contributed by atoms with Crippen molar-refractivity contribution in [2.45, 2.75) is 23.6 Å². The summed E-state index contributed by atoms with van der Waals surface area (Å²) in [7, 11) is -8.74. The summed E-state index contributed by atoms with van der Waals surface area (Å²) in [5.74, 6) is 0. The van der Waals surface area contributed by atoms with E-state index in [2.05, 4.69) is 4.90 Å². The first-order chi connectivity index (χ1) is 14.3. The fourth-order valence-electron chi connectivity index (χ4n) is 3.16. The monoisotopic (exact) mass is 444 g/mol. The SMILES string of the molecule is CCN(CC)c1ccc(N(S(=O)(=O)c2ccccc2)S(=O)(=O)c2ccccc2)cc1. The first kappa shape index (κ1) is 21.9. The fraction of sp³-hybridized carbons (Fsp3) is 0.182. The van der Waals surface area contributed by atoms with Crippen LogP contribution in [-0.4, -0.2) is 29.9 Å². The summed E-state index contributed by atoms with van der Waals surface area (Å²) in [6.07, 6.45) is 0. The number of rotatable bonds is 8. The molecule has 0 aliphatic carbocycles. The molecule has 0 fully saturated rings. The number of anilines is 2. The lowest BCUT2D eigenvalue weighted by molar-refractivity contribution is 0.584. The molecule has 8 heteroatoms. The van der Waals surface area contributed by atoms with Crippen LogP contribution in [0.2, 0.25) is 0 Å². The quantitative estimate of drug-likeness (QED) is 0.523. The summed E-state index contributed by atoms with van der Waals surface area (Å²) < 4.78 is 54.2. The normalized spacial score (nSPS) is 11.8. The van der Waals surface area contributed by atoms with Gasteiger partial charge in [-0.1, -0.05) is 36.4 Å². The van der Waals surface area contributed by atoms with Gasteiger partial charge in [-0.3, -0.25) is 0 Å². The maximum absolute atomic E-state index is 13.4. The van der Waals surface area contributed by atoms with Crippen molar-refractivity contribution in [1.82, 2.24) is 0 Å². The highest BCUT2D eigenvalue weighted by atomic mass is 32.3. The minimum absolute atomic E-state index is 0.0543. The van der Waals surface area contributed by atoms with Gasteiger partial charge < -0.3 is 4.90 Å². The highest BCUT2D eigenvalue weighted by molar-refractivity contribution is 8.10. The molecule has 0 unspecified atom stereocenters. The maximum atomic E-state index is 13.4. The standard InChI is InChI=1S/C22H24N2O4S2/c1-3-23(4-2)19-15-17-20(18-16-19)24(29(25,26)21-11-7-5-8-12-21)30(27,28)22-13-9-6-10-14-22/h5-18H,3-4H2,1-2H3. The summed E-state index contributed by atoms with van der Waals surface area (Å²) in [5.41, 5.74) is 0.941. The van der Waals surface area contributed by atoms with Crippen LogP contribution in [0.25, 0.3) is 0 Å².